The van der Waals surface area contributed by atoms with Gasteiger partial charge in [0.25, 0.3) is 0 Å². The van der Waals surface area contributed by atoms with E-state index in [2.05, 4.69) is 15.0 Å². The zero-order chi connectivity index (χ0) is 14.8. The van der Waals surface area contributed by atoms with Gasteiger partial charge in [-0.25, -0.2) is 0 Å². The lowest BCUT2D eigenvalue weighted by Gasteiger charge is -2.37. The summed E-state index contributed by atoms with van der Waals surface area (Å²) in [7, 11) is 3.33. The van der Waals surface area contributed by atoms with Crippen molar-refractivity contribution in [1.29, 1.82) is 0 Å². The third-order valence-corrected chi connectivity index (χ3v) is 3.67. The monoisotopic (exact) mass is 289 g/mol. The Bertz CT molecular complexity index is 598. The van der Waals surface area contributed by atoms with E-state index in [0.717, 1.165) is 37.0 Å². The molecule has 112 valence electrons. The molecule has 0 atom stereocenters. The molecule has 0 unspecified atom stereocenters. The van der Waals surface area contributed by atoms with E-state index in [1.54, 1.807) is 14.2 Å². The van der Waals surface area contributed by atoms with Crippen molar-refractivity contribution in [3.63, 3.8) is 0 Å². The van der Waals surface area contributed by atoms with E-state index < -0.39 is 0 Å². The van der Waals surface area contributed by atoms with Gasteiger partial charge in [0.1, 0.15) is 11.5 Å². The van der Waals surface area contributed by atoms with E-state index in [9.17, 15) is 0 Å². The van der Waals surface area contributed by atoms with Crippen molar-refractivity contribution in [3.8, 4) is 11.5 Å². The number of nitrogens with zero attached hydrogens (tertiary/aromatic N) is 3. The first-order valence-corrected chi connectivity index (χ1v) is 6.92. The van der Waals surface area contributed by atoms with Gasteiger partial charge in [-0.1, -0.05) is 5.16 Å². The highest BCUT2D eigenvalue weighted by molar-refractivity contribution is 5.38. The highest BCUT2D eigenvalue weighted by Crippen LogP contribution is 2.29. The van der Waals surface area contributed by atoms with E-state index in [1.165, 1.54) is 5.56 Å². The SMILES string of the molecule is COc1cc(CN2CC(c3nc(C)no3)C2)cc(OC)c1. The Hall–Kier alpha value is -2.08. The number of aromatic nitrogens is 2. The number of hydrogen-bond acceptors (Lipinski definition) is 6. The molecule has 6 nitrogen and oxygen atoms in total. The fourth-order valence-electron chi connectivity index (χ4n) is 2.55. The molecule has 1 aliphatic rings. The maximum atomic E-state index is 5.29. The lowest BCUT2D eigenvalue weighted by atomic mass is 9.99. The fourth-order valence-corrected chi connectivity index (χ4v) is 2.55. The number of aryl methyl sites for hydroxylation is 1. The van der Waals surface area contributed by atoms with Crippen LogP contribution in [0.1, 0.15) is 23.2 Å². The van der Waals surface area contributed by atoms with Gasteiger partial charge in [0.15, 0.2) is 5.82 Å². The van der Waals surface area contributed by atoms with Crippen LogP contribution in [0.15, 0.2) is 22.7 Å². The molecule has 3 rings (SSSR count). The molecule has 0 N–H and O–H groups in total. The molecule has 1 aromatic carbocycles. The molecule has 2 aromatic rings. The maximum Gasteiger partial charge on any atom is 0.232 e. The molecule has 1 aliphatic heterocycles. The highest BCUT2D eigenvalue weighted by Gasteiger charge is 2.32. The Kier molecular flexibility index (Phi) is 3.79. The number of benzene rings is 1. The molecule has 0 aliphatic carbocycles. The minimum Gasteiger partial charge on any atom is -0.497 e. The minimum atomic E-state index is 0.346. The van der Waals surface area contributed by atoms with Crippen molar-refractivity contribution in [2.45, 2.75) is 19.4 Å². The molecule has 0 amide bonds. The summed E-state index contributed by atoms with van der Waals surface area (Å²) in [6.07, 6.45) is 0. The minimum absolute atomic E-state index is 0.346. The summed E-state index contributed by atoms with van der Waals surface area (Å²) < 4.78 is 15.8. The Balaban J connectivity index is 1.61. The van der Waals surface area contributed by atoms with E-state index in [1.807, 2.05) is 25.1 Å². The van der Waals surface area contributed by atoms with Crippen LogP contribution in [0.25, 0.3) is 0 Å². The maximum absolute atomic E-state index is 5.29. The van der Waals surface area contributed by atoms with Gasteiger partial charge in [-0.15, -0.1) is 0 Å². The first-order valence-electron chi connectivity index (χ1n) is 6.92. The molecule has 1 fully saturated rings. The summed E-state index contributed by atoms with van der Waals surface area (Å²) in [5.74, 6) is 3.41. The predicted octanol–water partition coefficient (Wildman–Crippen LogP) is 1.99. The molecule has 1 saturated heterocycles. The second-order valence-corrected chi connectivity index (χ2v) is 5.29. The largest absolute Gasteiger partial charge is 0.497 e. The number of likely N-dealkylation sites (tertiary alicyclic amines) is 1. The smallest absolute Gasteiger partial charge is 0.232 e. The van der Waals surface area contributed by atoms with Crippen LogP contribution in [0, 0.1) is 6.92 Å². The van der Waals surface area contributed by atoms with E-state index in [-0.39, 0.29) is 0 Å². The molecular weight excluding hydrogens is 270 g/mol. The summed E-state index contributed by atoms with van der Waals surface area (Å²) in [6.45, 7) is 4.56. The zero-order valence-electron chi connectivity index (χ0n) is 12.5. The first-order chi connectivity index (χ1) is 10.2. The van der Waals surface area contributed by atoms with Gasteiger partial charge in [0.2, 0.25) is 5.89 Å². The molecule has 21 heavy (non-hydrogen) atoms. The number of rotatable bonds is 5. The van der Waals surface area contributed by atoms with Gasteiger partial charge in [-0.05, 0) is 24.6 Å². The standard InChI is InChI=1S/C15H19N3O3/c1-10-16-15(21-17-10)12-8-18(9-12)7-11-4-13(19-2)6-14(5-11)20-3/h4-6,12H,7-9H2,1-3H3. The lowest BCUT2D eigenvalue weighted by Crippen LogP contribution is -2.44. The van der Waals surface area contributed by atoms with E-state index in [0.29, 0.717) is 11.7 Å². The van der Waals surface area contributed by atoms with Gasteiger partial charge in [-0.3, -0.25) is 4.90 Å². The predicted molar refractivity (Wildman–Crippen MR) is 76.6 cm³/mol. The third kappa shape index (κ3) is 3.00. The number of methoxy groups -OCH3 is 2. The Morgan fingerprint density at radius 3 is 2.38 bits per heavy atom. The summed E-state index contributed by atoms with van der Waals surface area (Å²) in [5.41, 5.74) is 1.17. The highest BCUT2D eigenvalue weighted by atomic mass is 16.5. The van der Waals surface area contributed by atoms with E-state index >= 15 is 0 Å². The molecule has 2 heterocycles. The topological polar surface area (TPSA) is 60.6 Å². The molecular formula is C15H19N3O3. The van der Waals surface area contributed by atoms with Crippen molar-refractivity contribution < 1.29 is 14.0 Å². The van der Waals surface area contributed by atoms with Crippen LogP contribution < -0.4 is 9.47 Å². The first kappa shape index (κ1) is 13.9. The average Bonchev–Trinajstić information content (AvgIpc) is 2.88. The molecule has 0 spiro atoms. The summed E-state index contributed by atoms with van der Waals surface area (Å²) in [4.78, 5) is 6.62. The molecule has 6 heteroatoms. The van der Waals surface area contributed by atoms with Gasteiger partial charge in [0.05, 0.1) is 20.1 Å². The van der Waals surface area contributed by atoms with Gasteiger partial charge >= 0.3 is 0 Å². The van der Waals surface area contributed by atoms with Crippen molar-refractivity contribution in [2.24, 2.45) is 0 Å². The Labute approximate surface area is 123 Å². The second-order valence-electron chi connectivity index (χ2n) is 5.29. The molecule has 0 radical (unpaired) electrons. The molecule has 0 saturated carbocycles. The summed E-state index contributed by atoms with van der Waals surface area (Å²) >= 11 is 0. The fraction of sp³-hybridized carbons (Fsp3) is 0.467. The lowest BCUT2D eigenvalue weighted by molar-refractivity contribution is 0.117. The van der Waals surface area contributed by atoms with Crippen molar-refractivity contribution in [2.75, 3.05) is 27.3 Å². The quantitative estimate of drug-likeness (QED) is 0.839. The van der Waals surface area contributed by atoms with Crippen molar-refractivity contribution in [3.05, 3.63) is 35.5 Å². The van der Waals surface area contributed by atoms with Crippen LogP contribution >= 0.6 is 0 Å². The molecule has 0 bridgehead atoms. The Morgan fingerprint density at radius 1 is 1.19 bits per heavy atom. The van der Waals surface area contributed by atoms with Crippen LogP contribution in [0.3, 0.4) is 0 Å². The van der Waals surface area contributed by atoms with Crippen molar-refractivity contribution in [1.82, 2.24) is 15.0 Å². The van der Waals surface area contributed by atoms with Gasteiger partial charge in [0, 0.05) is 25.7 Å². The van der Waals surface area contributed by atoms with Crippen LogP contribution in [-0.2, 0) is 6.54 Å². The molecule has 1 aromatic heterocycles. The zero-order valence-corrected chi connectivity index (χ0v) is 12.5. The summed E-state index contributed by atoms with van der Waals surface area (Å²) in [6, 6.07) is 5.95. The third-order valence-electron chi connectivity index (χ3n) is 3.67. The normalized spacial score (nSPS) is 15.8. The number of hydrogen-bond donors (Lipinski definition) is 0. The van der Waals surface area contributed by atoms with Gasteiger partial charge < -0.3 is 14.0 Å². The Morgan fingerprint density at radius 2 is 1.86 bits per heavy atom. The summed E-state index contributed by atoms with van der Waals surface area (Å²) in [5, 5.41) is 3.84. The van der Waals surface area contributed by atoms with Gasteiger partial charge in [-0.2, -0.15) is 4.98 Å². The number of ether oxygens (including phenoxy) is 2. The average molecular weight is 289 g/mol. The van der Waals surface area contributed by atoms with Crippen LogP contribution in [-0.4, -0.2) is 42.3 Å². The van der Waals surface area contributed by atoms with E-state index in [4.69, 9.17) is 14.0 Å². The van der Waals surface area contributed by atoms with Crippen LogP contribution in [0.4, 0.5) is 0 Å². The van der Waals surface area contributed by atoms with Crippen LogP contribution in [0.2, 0.25) is 0 Å². The van der Waals surface area contributed by atoms with Crippen molar-refractivity contribution >= 4 is 0 Å². The second kappa shape index (κ2) is 5.73. The van der Waals surface area contributed by atoms with Crippen LogP contribution in [0.5, 0.6) is 11.5 Å².